The van der Waals surface area contributed by atoms with Gasteiger partial charge in [-0.05, 0) is 24.6 Å². The van der Waals surface area contributed by atoms with Crippen LogP contribution in [0, 0.1) is 0 Å². The Morgan fingerprint density at radius 2 is 2.22 bits per heavy atom. The fraction of sp³-hybridized carbons (Fsp3) is 0.417. The molecule has 0 amide bonds. The van der Waals surface area contributed by atoms with Gasteiger partial charge in [0.2, 0.25) is 0 Å². The van der Waals surface area contributed by atoms with Crippen LogP contribution in [-0.4, -0.2) is 25.8 Å². The molecule has 0 atom stereocenters. The van der Waals surface area contributed by atoms with E-state index in [-0.39, 0.29) is 12.4 Å². The molecule has 6 heteroatoms. The quantitative estimate of drug-likeness (QED) is 0.299. The van der Waals surface area contributed by atoms with Crippen LogP contribution < -0.4 is 4.74 Å². The molecule has 0 bridgehead atoms. The van der Waals surface area contributed by atoms with Crippen molar-refractivity contribution in [1.29, 1.82) is 0 Å². The molecule has 100 valence electrons. The summed E-state index contributed by atoms with van der Waals surface area (Å²) in [5, 5.41) is 0. The highest BCUT2D eigenvalue weighted by Gasteiger charge is 2.04. The van der Waals surface area contributed by atoms with E-state index in [1.165, 1.54) is 9.21 Å². The van der Waals surface area contributed by atoms with Gasteiger partial charge in [0.1, 0.15) is 12.4 Å². The van der Waals surface area contributed by atoms with Crippen molar-refractivity contribution in [2.45, 2.75) is 13.3 Å². The zero-order valence-electron chi connectivity index (χ0n) is 10.1. The first-order valence-electron chi connectivity index (χ1n) is 5.53. The number of ether oxygens (including phenoxy) is 2. The number of benzene rings is 1. The summed E-state index contributed by atoms with van der Waals surface area (Å²) in [7, 11) is 1.28. The average molecular weight is 382 g/mol. The minimum atomic E-state index is -0.223. The first-order chi connectivity index (χ1) is 8.76. The smallest absolute Gasteiger partial charge is 0.310 e. The first kappa shape index (κ1) is 15.6. The van der Waals surface area contributed by atoms with Crippen molar-refractivity contribution in [3.8, 4) is 5.75 Å². The van der Waals surface area contributed by atoms with Gasteiger partial charge >= 0.3 is 5.97 Å². The van der Waals surface area contributed by atoms with Crippen LogP contribution in [0.2, 0.25) is 0 Å². The van der Waals surface area contributed by atoms with E-state index in [0.717, 1.165) is 11.3 Å². The third kappa shape index (κ3) is 6.46. The molecular weight excluding hydrogens is 367 g/mol. The van der Waals surface area contributed by atoms with Crippen molar-refractivity contribution >= 4 is 36.4 Å². The van der Waals surface area contributed by atoms with Gasteiger partial charge in [-0.1, -0.05) is 12.1 Å². The molecule has 1 aromatic rings. The minimum absolute atomic E-state index is 0.223. The van der Waals surface area contributed by atoms with Crippen molar-refractivity contribution in [3.63, 3.8) is 0 Å². The third-order valence-corrected chi connectivity index (χ3v) is 3.05. The van der Waals surface area contributed by atoms with Gasteiger partial charge in [0, 0.05) is 21.2 Å². The largest absolute Gasteiger partial charge is 0.491 e. The maximum Gasteiger partial charge on any atom is 0.310 e. The van der Waals surface area contributed by atoms with E-state index in [4.69, 9.17) is 13.7 Å². The van der Waals surface area contributed by atoms with Crippen molar-refractivity contribution in [2.24, 2.45) is 0 Å². The number of hydrogen-bond acceptors (Lipinski definition) is 5. The first-order valence-corrected chi connectivity index (χ1v) is 8.82. The van der Waals surface area contributed by atoms with E-state index < -0.39 is 0 Å². The average Bonchev–Trinajstić information content (AvgIpc) is 2.35. The van der Waals surface area contributed by atoms with Crippen LogP contribution in [0.5, 0.6) is 5.75 Å². The lowest BCUT2D eigenvalue weighted by molar-refractivity contribution is -0.142. The molecule has 4 nitrogen and oxygen atoms in total. The Morgan fingerprint density at radius 3 is 2.94 bits per heavy atom. The van der Waals surface area contributed by atoms with Crippen LogP contribution in [0.15, 0.2) is 24.3 Å². The summed E-state index contributed by atoms with van der Waals surface area (Å²) in [4.78, 5) is 11.3. The van der Waals surface area contributed by atoms with Crippen molar-refractivity contribution < 1.29 is 18.5 Å². The van der Waals surface area contributed by atoms with Crippen molar-refractivity contribution in [1.82, 2.24) is 0 Å². The molecule has 0 saturated heterocycles. The Bertz CT molecular complexity index is 373. The standard InChI is InChI=1S/C12H15IO4S/c1-2-15-12(14)9-10-4-3-5-11(8-10)16-6-7-17-18-13/h3-5,8H,2,6-7,9H2,1H3. The molecule has 0 aromatic heterocycles. The number of esters is 1. The van der Waals surface area contributed by atoms with E-state index in [1.54, 1.807) is 6.92 Å². The van der Waals surface area contributed by atoms with E-state index in [1.807, 2.05) is 24.3 Å². The lowest BCUT2D eigenvalue weighted by Gasteiger charge is -2.07. The molecule has 0 heterocycles. The Labute approximate surface area is 123 Å². The van der Waals surface area contributed by atoms with Crippen molar-refractivity contribution in [2.75, 3.05) is 19.8 Å². The predicted octanol–water partition coefficient (Wildman–Crippen LogP) is 3.19. The summed E-state index contributed by atoms with van der Waals surface area (Å²) >= 11 is 2.06. The Balaban J connectivity index is 2.43. The van der Waals surface area contributed by atoms with Crippen LogP contribution in [-0.2, 0) is 20.1 Å². The normalized spacial score (nSPS) is 10.1. The second-order valence-corrected chi connectivity index (χ2v) is 4.80. The highest BCUT2D eigenvalue weighted by molar-refractivity contribution is 14.2. The number of halogens is 1. The van der Waals surface area contributed by atoms with Crippen LogP contribution in [0.4, 0.5) is 0 Å². The summed E-state index contributed by atoms with van der Waals surface area (Å²) < 4.78 is 15.5. The highest BCUT2D eigenvalue weighted by Crippen LogP contribution is 2.15. The summed E-state index contributed by atoms with van der Waals surface area (Å²) in [6.07, 6.45) is 0.269. The molecule has 0 fully saturated rings. The molecule has 1 aromatic carbocycles. The second-order valence-electron chi connectivity index (χ2n) is 3.36. The van der Waals surface area contributed by atoms with Gasteiger partial charge in [0.15, 0.2) is 0 Å². The zero-order valence-corrected chi connectivity index (χ0v) is 13.0. The monoisotopic (exact) mass is 382 g/mol. The molecule has 0 spiro atoms. The minimum Gasteiger partial charge on any atom is -0.491 e. The molecule has 0 aliphatic rings. The highest BCUT2D eigenvalue weighted by atomic mass is 127. The van der Waals surface area contributed by atoms with E-state index in [9.17, 15) is 4.79 Å². The fourth-order valence-corrected chi connectivity index (χ4v) is 2.02. The molecular formula is C12H15IO4S. The lowest BCUT2D eigenvalue weighted by atomic mass is 10.1. The predicted molar refractivity (Wildman–Crippen MR) is 79.8 cm³/mol. The topological polar surface area (TPSA) is 44.8 Å². The SMILES string of the molecule is CCOC(=O)Cc1cccc(OCCOSI)c1. The Hall–Kier alpha value is -0.470. The Morgan fingerprint density at radius 1 is 1.39 bits per heavy atom. The zero-order chi connectivity index (χ0) is 13.2. The number of carbonyl (C=O) groups excluding carboxylic acids is 1. The van der Waals surface area contributed by atoms with Crippen LogP contribution in [0.25, 0.3) is 0 Å². The maximum absolute atomic E-state index is 11.3. The molecule has 0 N–H and O–H groups in total. The molecule has 0 saturated carbocycles. The van der Waals surface area contributed by atoms with E-state index in [0.29, 0.717) is 19.8 Å². The lowest BCUT2D eigenvalue weighted by Crippen LogP contribution is -2.08. The number of hydrogen-bond donors (Lipinski definition) is 0. The van der Waals surface area contributed by atoms with Crippen LogP contribution in [0.3, 0.4) is 0 Å². The number of rotatable bonds is 8. The number of carbonyl (C=O) groups is 1. The molecule has 18 heavy (non-hydrogen) atoms. The maximum atomic E-state index is 11.3. The summed E-state index contributed by atoms with van der Waals surface area (Å²) in [6.45, 7) is 3.21. The van der Waals surface area contributed by atoms with E-state index >= 15 is 0 Å². The van der Waals surface area contributed by atoms with Gasteiger partial charge < -0.3 is 13.7 Å². The third-order valence-electron chi connectivity index (χ3n) is 2.03. The molecule has 0 unspecified atom stereocenters. The van der Waals surface area contributed by atoms with Crippen LogP contribution >= 0.6 is 30.4 Å². The van der Waals surface area contributed by atoms with Gasteiger partial charge in [0.05, 0.1) is 28.8 Å². The van der Waals surface area contributed by atoms with Gasteiger partial charge in [-0.2, -0.15) is 0 Å². The fourth-order valence-electron chi connectivity index (χ4n) is 1.35. The summed E-state index contributed by atoms with van der Waals surface area (Å²) in [6, 6.07) is 7.43. The van der Waals surface area contributed by atoms with E-state index in [2.05, 4.69) is 21.2 Å². The second kappa shape index (κ2) is 9.46. The van der Waals surface area contributed by atoms with Crippen molar-refractivity contribution in [3.05, 3.63) is 29.8 Å². The molecule has 1 rings (SSSR count). The van der Waals surface area contributed by atoms with Gasteiger partial charge in [-0.3, -0.25) is 4.79 Å². The summed E-state index contributed by atoms with van der Waals surface area (Å²) in [5.41, 5.74) is 0.884. The summed E-state index contributed by atoms with van der Waals surface area (Å²) in [5.74, 6) is 0.512. The Kier molecular flexibility index (Phi) is 8.19. The van der Waals surface area contributed by atoms with Crippen LogP contribution in [0.1, 0.15) is 12.5 Å². The van der Waals surface area contributed by atoms with Gasteiger partial charge in [-0.15, -0.1) is 0 Å². The molecule has 0 aliphatic heterocycles. The molecule has 0 aliphatic carbocycles. The molecule has 0 radical (unpaired) electrons. The van der Waals surface area contributed by atoms with Gasteiger partial charge in [0.25, 0.3) is 0 Å². The van der Waals surface area contributed by atoms with Gasteiger partial charge in [-0.25, -0.2) is 0 Å².